The smallest absolute Gasteiger partial charge is 0.268 e. The summed E-state index contributed by atoms with van der Waals surface area (Å²) in [4.78, 5) is 34.9. The molecule has 0 bridgehead atoms. The van der Waals surface area contributed by atoms with Crippen LogP contribution in [-0.2, 0) is 9.59 Å². The van der Waals surface area contributed by atoms with Crippen molar-refractivity contribution in [3.63, 3.8) is 0 Å². The second-order valence-corrected chi connectivity index (χ2v) is 8.24. The van der Waals surface area contributed by atoms with E-state index in [-0.39, 0.29) is 17.7 Å². The van der Waals surface area contributed by atoms with Crippen LogP contribution >= 0.6 is 0 Å². The van der Waals surface area contributed by atoms with E-state index in [4.69, 9.17) is 14.9 Å². The number of aromatic nitrogens is 2. The molecule has 2 amide bonds. The number of furan rings is 1. The predicted octanol–water partition coefficient (Wildman–Crippen LogP) is 2.39. The number of carbonyl (C=O) groups is 2. The molecule has 4 heterocycles. The summed E-state index contributed by atoms with van der Waals surface area (Å²) in [6.07, 6.45) is 2.23. The van der Waals surface area contributed by atoms with Crippen LogP contribution in [0.4, 0.5) is 23.1 Å². The van der Waals surface area contributed by atoms with E-state index in [0.717, 1.165) is 0 Å². The first-order valence-electron chi connectivity index (χ1n) is 10.0. The molecule has 1 aromatic carbocycles. The number of anilines is 4. The van der Waals surface area contributed by atoms with Gasteiger partial charge in [0.1, 0.15) is 11.3 Å². The van der Waals surface area contributed by atoms with Gasteiger partial charge in [0.2, 0.25) is 11.9 Å². The first-order chi connectivity index (χ1) is 14.8. The van der Waals surface area contributed by atoms with Gasteiger partial charge in [-0.15, -0.1) is 0 Å². The maximum atomic E-state index is 12.2. The molecule has 5 rings (SSSR count). The molecule has 31 heavy (non-hydrogen) atoms. The van der Waals surface area contributed by atoms with Crippen LogP contribution in [0.2, 0.25) is 0 Å². The van der Waals surface area contributed by atoms with Gasteiger partial charge < -0.3 is 30.4 Å². The molecule has 1 saturated heterocycles. The Balaban J connectivity index is 1.45. The maximum Gasteiger partial charge on any atom is 0.268 e. The Labute approximate surface area is 177 Å². The zero-order valence-electron chi connectivity index (χ0n) is 17.1. The van der Waals surface area contributed by atoms with E-state index in [2.05, 4.69) is 20.6 Å². The van der Waals surface area contributed by atoms with Gasteiger partial charge in [-0.2, -0.15) is 4.98 Å². The molecule has 1 fully saturated rings. The maximum absolute atomic E-state index is 12.2. The molecule has 0 aliphatic carbocycles. The molecular weight excluding hydrogens is 400 g/mol. The topological polar surface area (TPSA) is 136 Å². The molecule has 160 valence electrons. The van der Waals surface area contributed by atoms with Crippen molar-refractivity contribution in [2.45, 2.75) is 25.9 Å². The van der Waals surface area contributed by atoms with Crippen LogP contribution < -0.4 is 26.0 Å². The number of nitrogens with two attached hydrogens (primary N) is 1. The highest BCUT2D eigenvalue weighted by molar-refractivity contribution is 6.00. The summed E-state index contributed by atoms with van der Waals surface area (Å²) < 4.78 is 11.4. The molecule has 2 aromatic heterocycles. The average Bonchev–Trinajstić information content (AvgIpc) is 3.38. The lowest BCUT2D eigenvalue weighted by Gasteiger charge is -2.31. The number of nitrogens with one attached hydrogen (secondary N) is 2. The molecule has 0 saturated carbocycles. The summed E-state index contributed by atoms with van der Waals surface area (Å²) in [5, 5.41) is 6.04. The normalized spacial score (nSPS) is 19.6. The minimum Gasteiger partial charge on any atom is -0.476 e. The van der Waals surface area contributed by atoms with Crippen molar-refractivity contribution in [2.24, 2.45) is 11.7 Å². The third-order valence-electron chi connectivity index (χ3n) is 5.57. The van der Waals surface area contributed by atoms with Crippen molar-refractivity contribution in [3.05, 3.63) is 30.5 Å². The van der Waals surface area contributed by atoms with Crippen molar-refractivity contribution >= 4 is 46.1 Å². The van der Waals surface area contributed by atoms with Gasteiger partial charge in [-0.25, -0.2) is 4.98 Å². The lowest BCUT2D eigenvalue weighted by atomic mass is 10.1. The molecule has 1 unspecified atom stereocenters. The molecule has 0 spiro atoms. The summed E-state index contributed by atoms with van der Waals surface area (Å²) in [6, 6.07) is 7.14. The summed E-state index contributed by atoms with van der Waals surface area (Å²) in [7, 11) is 0. The highest BCUT2D eigenvalue weighted by Crippen LogP contribution is 2.36. The van der Waals surface area contributed by atoms with Crippen LogP contribution in [0.1, 0.15) is 20.3 Å². The van der Waals surface area contributed by atoms with E-state index in [1.54, 1.807) is 38.3 Å². The second kappa shape index (κ2) is 6.86. The largest absolute Gasteiger partial charge is 0.476 e. The highest BCUT2D eigenvalue weighted by Gasteiger charge is 2.35. The van der Waals surface area contributed by atoms with Gasteiger partial charge in [-0.3, -0.25) is 9.59 Å². The lowest BCUT2D eigenvalue weighted by Crippen LogP contribution is -2.45. The Hall–Kier alpha value is -3.82. The van der Waals surface area contributed by atoms with E-state index in [1.807, 2.05) is 11.0 Å². The standard InChI is InChI=1S/C21H22N6O4/c1-21(2)19(29)24-14-9-12(3-4-15(14)31-21)23-20-25-13-6-8-30-16(13)18(26-20)27-7-5-11(10-27)17(22)28/h3-4,6,8-9,11H,5,7,10H2,1-2H3,(H2,22,28)(H,24,29)(H,23,25,26). The van der Waals surface area contributed by atoms with Gasteiger partial charge in [-0.05, 0) is 38.5 Å². The fourth-order valence-electron chi connectivity index (χ4n) is 3.82. The monoisotopic (exact) mass is 422 g/mol. The number of ether oxygens (including phenoxy) is 1. The van der Waals surface area contributed by atoms with Crippen LogP contribution in [0, 0.1) is 5.92 Å². The van der Waals surface area contributed by atoms with Gasteiger partial charge in [0.05, 0.1) is 17.9 Å². The van der Waals surface area contributed by atoms with Crippen LogP contribution in [-0.4, -0.2) is 40.5 Å². The number of hydrogen-bond acceptors (Lipinski definition) is 8. The van der Waals surface area contributed by atoms with Crippen molar-refractivity contribution < 1.29 is 18.7 Å². The third kappa shape index (κ3) is 3.39. The van der Waals surface area contributed by atoms with Crippen LogP contribution in [0.15, 0.2) is 34.9 Å². The van der Waals surface area contributed by atoms with Crippen LogP contribution in [0.3, 0.4) is 0 Å². The number of rotatable bonds is 4. The van der Waals surface area contributed by atoms with Crippen LogP contribution in [0.5, 0.6) is 5.75 Å². The first-order valence-corrected chi connectivity index (χ1v) is 10.0. The molecule has 2 aliphatic rings. The second-order valence-electron chi connectivity index (χ2n) is 8.24. The Morgan fingerprint density at radius 3 is 2.94 bits per heavy atom. The predicted molar refractivity (Wildman–Crippen MR) is 114 cm³/mol. The summed E-state index contributed by atoms with van der Waals surface area (Å²) >= 11 is 0. The SMILES string of the molecule is CC1(C)Oc2ccc(Nc3nc(N4CCC(C(N)=O)C4)c4occc4n3)cc2NC1=O. The number of nitrogens with zero attached hydrogens (tertiary/aromatic N) is 3. The fourth-order valence-corrected chi connectivity index (χ4v) is 3.82. The Kier molecular flexibility index (Phi) is 4.24. The van der Waals surface area contributed by atoms with Gasteiger partial charge >= 0.3 is 0 Å². The number of benzene rings is 1. The highest BCUT2D eigenvalue weighted by atomic mass is 16.5. The molecule has 1 atom stereocenters. The molecule has 4 N–H and O–H groups in total. The van der Waals surface area contributed by atoms with Crippen molar-refractivity contribution in [3.8, 4) is 5.75 Å². The Morgan fingerprint density at radius 2 is 2.16 bits per heavy atom. The van der Waals surface area contributed by atoms with Crippen molar-refractivity contribution in [1.82, 2.24) is 9.97 Å². The van der Waals surface area contributed by atoms with Crippen LogP contribution in [0.25, 0.3) is 11.1 Å². The van der Waals surface area contributed by atoms with E-state index in [1.165, 1.54) is 0 Å². The average molecular weight is 422 g/mol. The Bertz CT molecular complexity index is 1200. The number of carbonyl (C=O) groups excluding carboxylic acids is 2. The Morgan fingerprint density at radius 1 is 1.32 bits per heavy atom. The van der Waals surface area contributed by atoms with E-state index in [9.17, 15) is 9.59 Å². The molecule has 0 radical (unpaired) electrons. The number of fused-ring (bicyclic) bond motifs is 2. The molecule has 10 heteroatoms. The molecule has 10 nitrogen and oxygen atoms in total. The fraction of sp³-hybridized carbons (Fsp3) is 0.333. The van der Waals surface area contributed by atoms with Gasteiger partial charge in [0, 0.05) is 24.8 Å². The molecule has 2 aliphatic heterocycles. The quantitative estimate of drug-likeness (QED) is 0.583. The number of primary amides is 1. The summed E-state index contributed by atoms with van der Waals surface area (Å²) in [6.45, 7) is 4.57. The molecule has 3 aromatic rings. The van der Waals surface area contributed by atoms with Crippen molar-refractivity contribution in [2.75, 3.05) is 28.6 Å². The van der Waals surface area contributed by atoms with Gasteiger partial charge in [-0.1, -0.05) is 0 Å². The minimum atomic E-state index is -0.926. The van der Waals surface area contributed by atoms with E-state index >= 15 is 0 Å². The summed E-state index contributed by atoms with van der Waals surface area (Å²) in [5.74, 6) is 0.828. The zero-order valence-corrected chi connectivity index (χ0v) is 17.1. The lowest BCUT2D eigenvalue weighted by molar-refractivity contribution is -0.129. The zero-order chi connectivity index (χ0) is 21.8. The third-order valence-corrected chi connectivity index (χ3v) is 5.57. The first kappa shape index (κ1) is 19.2. The molecular formula is C21H22N6O4. The summed E-state index contributed by atoms with van der Waals surface area (Å²) in [5.41, 5.74) is 7.01. The van der Waals surface area contributed by atoms with Crippen molar-refractivity contribution in [1.29, 1.82) is 0 Å². The van der Waals surface area contributed by atoms with Gasteiger partial charge in [0.25, 0.3) is 5.91 Å². The number of amides is 2. The van der Waals surface area contributed by atoms with E-state index in [0.29, 0.717) is 59.5 Å². The van der Waals surface area contributed by atoms with E-state index < -0.39 is 5.60 Å². The minimum absolute atomic E-state index is 0.214. The number of hydrogen-bond donors (Lipinski definition) is 3. The van der Waals surface area contributed by atoms with Gasteiger partial charge in [0.15, 0.2) is 17.0 Å².